The van der Waals surface area contributed by atoms with Gasteiger partial charge in [-0.05, 0) is 60.7 Å². The van der Waals surface area contributed by atoms with E-state index in [1.807, 2.05) is 43.3 Å². The van der Waals surface area contributed by atoms with Crippen molar-refractivity contribution in [1.82, 2.24) is 10.2 Å². The van der Waals surface area contributed by atoms with Crippen LogP contribution in [0.5, 0.6) is 11.5 Å². The Labute approximate surface area is 213 Å². The van der Waals surface area contributed by atoms with Crippen LogP contribution in [-0.4, -0.2) is 35.5 Å². The Morgan fingerprint density at radius 2 is 1.64 bits per heavy atom. The van der Waals surface area contributed by atoms with Crippen LogP contribution < -0.4 is 10.1 Å². The molecule has 2 amide bonds. The third kappa shape index (κ3) is 7.47. The highest BCUT2D eigenvalue weighted by Gasteiger charge is 2.30. The molecule has 0 radical (unpaired) electrons. The summed E-state index contributed by atoms with van der Waals surface area (Å²) in [4.78, 5) is 28.7. The molecule has 3 aromatic carbocycles. The molecule has 1 atom stereocenters. The molecule has 0 saturated heterocycles. The monoisotopic (exact) mass is 486 g/mol. The zero-order chi connectivity index (χ0) is 25.9. The third-order valence-electron chi connectivity index (χ3n) is 6.04. The van der Waals surface area contributed by atoms with Crippen molar-refractivity contribution >= 4 is 11.8 Å². The molecule has 36 heavy (non-hydrogen) atoms. The van der Waals surface area contributed by atoms with E-state index in [1.54, 1.807) is 54.5 Å². The number of hydrogen-bond acceptors (Lipinski definition) is 4. The van der Waals surface area contributed by atoms with Crippen LogP contribution in [0, 0.1) is 6.92 Å². The van der Waals surface area contributed by atoms with Gasteiger partial charge in [0.15, 0.2) is 0 Å². The highest BCUT2D eigenvalue weighted by Crippen LogP contribution is 2.26. The van der Waals surface area contributed by atoms with Gasteiger partial charge < -0.3 is 20.1 Å². The Balaban J connectivity index is 1.84. The van der Waals surface area contributed by atoms with Crippen molar-refractivity contribution in [1.29, 1.82) is 0 Å². The van der Waals surface area contributed by atoms with Gasteiger partial charge in [0.2, 0.25) is 11.8 Å². The topological polar surface area (TPSA) is 78.9 Å². The second-order valence-electron chi connectivity index (χ2n) is 8.71. The van der Waals surface area contributed by atoms with E-state index in [0.29, 0.717) is 37.2 Å². The maximum Gasteiger partial charge on any atom is 0.247 e. The Bertz CT molecular complexity index is 1140. The second-order valence-corrected chi connectivity index (χ2v) is 8.71. The number of ether oxygens (including phenoxy) is 1. The van der Waals surface area contributed by atoms with E-state index in [0.717, 1.165) is 16.7 Å². The number of nitrogens with zero attached hydrogens (tertiary/aromatic N) is 1. The maximum absolute atomic E-state index is 13.6. The van der Waals surface area contributed by atoms with Gasteiger partial charge in [0.05, 0.1) is 7.11 Å². The lowest BCUT2D eigenvalue weighted by molar-refractivity contribution is -0.140. The van der Waals surface area contributed by atoms with E-state index >= 15 is 0 Å². The van der Waals surface area contributed by atoms with Gasteiger partial charge in [-0.15, -0.1) is 6.58 Å². The van der Waals surface area contributed by atoms with E-state index in [4.69, 9.17) is 4.74 Å². The second kappa shape index (κ2) is 13.1. The van der Waals surface area contributed by atoms with Gasteiger partial charge in [-0.25, -0.2) is 0 Å². The molecule has 0 saturated carbocycles. The predicted octanol–water partition coefficient (Wildman–Crippen LogP) is 5.10. The Morgan fingerprint density at radius 1 is 1.00 bits per heavy atom. The molecule has 0 heterocycles. The van der Waals surface area contributed by atoms with Crippen LogP contribution in [0.15, 0.2) is 85.5 Å². The van der Waals surface area contributed by atoms with Gasteiger partial charge in [0.1, 0.15) is 17.5 Å². The summed E-state index contributed by atoms with van der Waals surface area (Å²) in [6.45, 7) is 6.55. The summed E-state index contributed by atoms with van der Waals surface area (Å²) in [7, 11) is 1.59. The quantitative estimate of drug-likeness (QED) is 0.349. The molecule has 0 aromatic heterocycles. The number of rotatable bonds is 12. The molecule has 0 spiro atoms. The zero-order valence-electron chi connectivity index (χ0n) is 20.9. The molecule has 3 aromatic rings. The number of benzene rings is 3. The Morgan fingerprint density at radius 3 is 2.25 bits per heavy atom. The number of hydrogen-bond donors (Lipinski definition) is 2. The summed E-state index contributed by atoms with van der Waals surface area (Å²) in [5.41, 5.74) is 3.78. The van der Waals surface area contributed by atoms with Gasteiger partial charge in [-0.3, -0.25) is 9.59 Å². The molecular weight excluding hydrogens is 452 g/mol. The van der Waals surface area contributed by atoms with Crippen LogP contribution in [0.4, 0.5) is 0 Å². The minimum Gasteiger partial charge on any atom is -0.508 e. The fourth-order valence-corrected chi connectivity index (χ4v) is 3.94. The summed E-state index contributed by atoms with van der Waals surface area (Å²) in [6, 6.07) is 21.2. The van der Waals surface area contributed by atoms with Crippen molar-refractivity contribution in [3.63, 3.8) is 0 Å². The molecule has 6 nitrogen and oxygen atoms in total. The molecule has 6 heteroatoms. The van der Waals surface area contributed by atoms with Crippen LogP contribution in [0.1, 0.15) is 41.1 Å². The van der Waals surface area contributed by atoms with Crippen LogP contribution in [0.3, 0.4) is 0 Å². The van der Waals surface area contributed by atoms with Crippen LogP contribution in [0.2, 0.25) is 0 Å². The Kier molecular flexibility index (Phi) is 9.69. The average molecular weight is 487 g/mol. The first-order valence-electron chi connectivity index (χ1n) is 12.1. The summed E-state index contributed by atoms with van der Waals surface area (Å²) >= 11 is 0. The number of phenolic OH excluding ortho intramolecular Hbond substituents is 1. The SMILES string of the molecule is C=CCCN(C(=O)CCc1ccc(O)cc1)C(C(=O)NCc1ccc(C)cc1)c1ccc(OC)cc1. The minimum absolute atomic E-state index is 0.128. The maximum atomic E-state index is 13.6. The van der Waals surface area contributed by atoms with Crippen molar-refractivity contribution in [2.45, 2.75) is 38.8 Å². The molecule has 0 bridgehead atoms. The van der Waals surface area contributed by atoms with Crippen molar-refractivity contribution in [3.05, 3.63) is 108 Å². The fourth-order valence-electron chi connectivity index (χ4n) is 3.94. The van der Waals surface area contributed by atoms with E-state index < -0.39 is 6.04 Å². The standard InChI is InChI=1S/C30H34N2O4/c1-4-5-20-32(28(34)19-12-23-10-15-26(33)16-11-23)29(25-13-17-27(36-3)18-14-25)30(35)31-21-24-8-6-22(2)7-9-24/h4,6-11,13-18,29,33H,1,5,12,19-21H2,2-3H3,(H,31,35). The summed E-state index contributed by atoms with van der Waals surface area (Å²) in [5, 5.41) is 12.5. The number of phenols is 1. The lowest BCUT2D eigenvalue weighted by Gasteiger charge is -2.31. The van der Waals surface area contributed by atoms with Crippen LogP contribution in [0.25, 0.3) is 0 Å². The average Bonchev–Trinajstić information content (AvgIpc) is 2.90. The van der Waals surface area contributed by atoms with E-state index in [9.17, 15) is 14.7 Å². The van der Waals surface area contributed by atoms with Gasteiger partial charge >= 0.3 is 0 Å². The highest BCUT2D eigenvalue weighted by atomic mass is 16.5. The lowest BCUT2D eigenvalue weighted by atomic mass is 10.0. The first-order valence-corrected chi connectivity index (χ1v) is 12.1. The highest BCUT2D eigenvalue weighted by molar-refractivity contribution is 5.89. The van der Waals surface area contributed by atoms with Gasteiger partial charge in [-0.2, -0.15) is 0 Å². The number of aryl methyl sites for hydroxylation is 2. The van der Waals surface area contributed by atoms with Crippen molar-refractivity contribution in [3.8, 4) is 11.5 Å². The fraction of sp³-hybridized carbons (Fsp3) is 0.267. The summed E-state index contributed by atoms with van der Waals surface area (Å²) in [6.07, 6.45) is 3.04. The molecular formula is C30H34N2O4. The van der Waals surface area contributed by atoms with E-state index in [1.165, 1.54) is 0 Å². The molecule has 188 valence electrons. The molecule has 0 fully saturated rings. The first-order chi connectivity index (χ1) is 17.4. The molecule has 3 rings (SSSR count). The van der Waals surface area contributed by atoms with E-state index in [-0.39, 0.29) is 24.0 Å². The van der Waals surface area contributed by atoms with Gasteiger partial charge in [0.25, 0.3) is 0 Å². The smallest absolute Gasteiger partial charge is 0.247 e. The number of nitrogens with one attached hydrogen (secondary N) is 1. The van der Waals surface area contributed by atoms with Crippen LogP contribution in [-0.2, 0) is 22.6 Å². The van der Waals surface area contributed by atoms with Gasteiger partial charge in [-0.1, -0.05) is 60.2 Å². The summed E-state index contributed by atoms with van der Waals surface area (Å²) in [5.74, 6) is 0.482. The van der Waals surface area contributed by atoms with E-state index in [2.05, 4.69) is 11.9 Å². The molecule has 1 unspecified atom stereocenters. The predicted molar refractivity (Wildman–Crippen MR) is 142 cm³/mol. The number of aromatic hydroxyl groups is 1. The Hall–Kier alpha value is -4.06. The summed E-state index contributed by atoms with van der Waals surface area (Å²) < 4.78 is 5.28. The van der Waals surface area contributed by atoms with Crippen molar-refractivity contribution in [2.75, 3.05) is 13.7 Å². The normalized spacial score (nSPS) is 11.4. The molecule has 2 N–H and O–H groups in total. The zero-order valence-corrected chi connectivity index (χ0v) is 20.9. The van der Waals surface area contributed by atoms with Crippen molar-refractivity contribution < 1.29 is 19.4 Å². The molecule has 0 aliphatic heterocycles. The first kappa shape index (κ1) is 26.5. The van der Waals surface area contributed by atoms with Crippen molar-refractivity contribution in [2.24, 2.45) is 0 Å². The third-order valence-corrected chi connectivity index (χ3v) is 6.04. The largest absolute Gasteiger partial charge is 0.508 e. The minimum atomic E-state index is -0.798. The number of carbonyl (C=O) groups excluding carboxylic acids is 2. The molecule has 0 aliphatic rings. The number of methoxy groups -OCH3 is 1. The van der Waals surface area contributed by atoms with Gasteiger partial charge in [0, 0.05) is 19.5 Å². The lowest BCUT2D eigenvalue weighted by Crippen LogP contribution is -2.44. The number of amides is 2. The molecule has 0 aliphatic carbocycles. The van der Waals surface area contributed by atoms with Crippen LogP contribution >= 0.6 is 0 Å². The number of carbonyl (C=O) groups is 2.